The molecule has 1 aromatic rings. The molecule has 1 atom stereocenters. The minimum absolute atomic E-state index is 0.104. The summed E-state index contributed by atoms with van der Waals surface area (Å²) in [5.41, 5.74) is 0.937. The highest BCUT2D eigenvalue weighted by molar-refractivity contribution is 7.08. The van der Waals surface area contributed by atoms with Crippen molar-refractivity contribution in [3.05, 3.63) is 22.4 Å². The Morgan fingerprint density at radius 2 is 1.71 bits per heavy atom. The fourth-order valence-electron chi connectivity index (χ4n) is 3.64. The third kappa shape index (κ3) is 2.95. The highest BCUT2D eigenvalue weighted by Gasteiger charge is 2.55. The van der Waals surface area contributed by atoms with Gasteiger partial charge in [-0.2, -0.15) is 11.3 Å². The van der Waals surface area contributed by atoms with Crippen molar-refractivity contribution in [2.75, 3.05) is 0 Å². The second kappa shape index (κ2) is 5.71. The Bertz CT molecular complexity index is 447. The molecule has 1 aliphatic heterocycles. The number of hydrogen-bond donors (Lipinski definition) is 0. The highest BCUT2D eigenvalue weighted by atomic mass is 32.1. The first-order chi connectivity index (χ1) is 9.91. The molecule has 1 aromatic heterocycles. The quantitative estimate of drug-likeness (QED) is 0.728. The fraction of sp³-hybridized carbons (Fsp3) is 0.765. The molecule has 0 radical (unpaired) electrons. The van der Waals surface area contributed by atoms with Crippen LogP contribution in [0.5, 0.6) is 0 Å². The van der Waals surface area contributed by atoms with Gasteiger partial charge in [-0.3, -0.25) is 0 Å². The summed E-state index contributed by atoms with van der Waals surface area (Å²) in [5, 5.41) is 4.46. The van der Waals surface area contributed by atoms with Crippen LogP contribution in [0.2, 0.25) is 0 Å². The molecule has 1 saturated heterocycles. The fourth-order valence-corrected chi connectivity index (χ4v) is 4.35. The average molecular weight is 306 g/mol. The molecule has 0 spiro atoms. The summed E-state index contributed by atoms with van der Waals surface area (Å²) in [5.74, 6) is 1.08. The average Bonchev–Trinajstić information content (AvgIpc) is 2.99. The lowest BCUT2D eigenvalue weighted by atomic mass is 9.59. The van der Waals surface area contributed by atoms with Crippen molar-refractivity contribution in [3.63, 3.8) is 0 Å². The van der Waals surface area contributed by atoms with Crippen molar-refractivity contribution in [1.82, 2.24) is 0 Å². The largest absolute Gasteiger partial charge is 0.466 e. The zero-order valence-corrected chi connectivity index (χ0v) is 14.5. The van der Waals surface area contributed by atoms with Crippen LogP contribution in [0.15, 0.2) is 16.8 Å². The Morgan fingerprint density at radius 3 is 2.24 bits per heavy atom. The van der Waals surface area contributed by atoms with Crippen LogP contribution in [0.4, 0.5) is 0 Å². The molecule has 0 N–H and O–H groups in total. The van der Waals surface area contributed by atoms with E-state index in [1.807, 2.05) is 0 Å². The van der Waals surface area contributed by atoms with Crippen LogP contribution in [-0.2, 0) is 9.31 Å². The number of thiophene rings is 1. The minimum atomic E-state index is -0.236. The molecule has 1 aliphatic carbocycles. The Kier molecular flexibility index (Phi) is 4.24. The minimum Gasteiger partial charge on any atom is -0.403 e. The van der Waals surface area contributed by atoms with Crippen molar-refractivity contribution in [2.45, 2.75) is 76.8 Å². The summed E-state index contributed by atoms with van der Waals surface area (Å²) in [6.07, 6.45) is 6.71. The molecule has 2 heterocycles. The predicted molar refractivity (Wildman–Crippen MR) is 89.7 cm³/mol. The van der Waals surface area contributed by atoms with Gasteiger partial charge in [0, 0.05) is 5.82 Å². The van der Waals surface area contributed by atoms with E-state index in [1.54, 1.807) is 11.3 Å². The lowest BCUT2D eigenvalue weighted by Gasteiger charge is -2.32. The SMILES string of the molecule is CC1(C)OB(C(c2ccsc2)C2CCCCC2)OC1(C)C. The van der Waals surface area contributed by atoms with Crippen molar-refractivity contribution in [1.29, 1.82) is 0 Å². The van der Waals surface area contributed by atoms with E-state index < -0.39 is 0 Å². The molecule has 2 nitrogen and oxygen atoms in total. The van der Waals surface area contributed by atoms with Gasteiger partial charge >= 0.3 is 7.12 Å². The maximum atomic E-state index is 6.39. The van der Waals surface area contributed by atoms with Crippen LogP contribution in [0.3, 0.4) is 0 Å². The molecule has 0 aromatic carbocycles. The van der Waals surface area contributed by atoms with Crippen LogP contribution in [-0.4, -0.2) is 18.3 Å². The van der Waals surface area contributed by atoms with Gasteiger partial charge in [0.2, 0.25) is 0 Å². The van der Waals surface area contributed by atoms with Crippen LogP contribution in [0, 0.1) is 5.92 Å². The monoisotopic (exact) mass is 306 g/mol. The zero-order valence-electron chi connectivity index (χ0n) is 13.7. The topological polar surface area (TPSA) is 18.5 Å². The van der Waals surface area contributed by atoms with Gasteiger partial charge < -0.3 is 9.31 Å². The van der Waals surface area contributed by atoms with Crippen LogP contribution >= 0.6 is 11.3 Å². The summed E-state index contributed by atoms with van der Waals surface area (Å²) < 4.78 is 12.8. The lowest BCUT2D eigenvalue weighted by molar-refractivity contribution is 0.00578. The molecular weight excluding hydrogens is 279 g/mol. The Labute approximate surface area is 133 Å². The number of rotatable bonds is 3. The van der Waals surface area contributed by atoms with Crippen molar-refractivity contribution in [2.24, 2.45) is 5.92 Å². The third-order valence-corrected chi connectivity index (χ3v) is 6.35. The molecule has 1 saturated carbocycles. The van der Waals surface area contributed by atoms with E-state index in [0.29, 0.717) is 11.7 Å². The van der Waals surface area contributed by atoms with Crippen molar-refractivity contribution in [3.8, 4) is 0 Å². The molecule has 3 rings (SSSR count). The molecule has 1 unspecified atom stereocenters. The molecule has 4 heteroatoms. The number of hydrogen-bond acceptors (Lipinski definition) is 3. The maximum Gasteiger partial charge on any atom is 0.466 e. The Morgan fingerprint density at radius 1 is 1.10 bits per heavy atom. The third-order valence-electron chi connectivity index (χ3n) is 5.65. The summed E-state index contributed by atoms with van der Waals surface area (Å²) in [4.78, 5) is 0. The van der Waals surface area contributed by atoms with Gasteiger partial charge in [-0.1, -0.05) is 32.1 Å². The predicted octanol–water partition coefficient (Wildman–Crippen LogP) is 5.04. The standard InChI is InChI=1S/C17H27BO2S/c1-16(2)17(3,4)20-18(19-16)15(14-10-11-21-12-14)13-8-6-5-7-9-13/h10-13,15H,5-9H2,1-4H3. The molecule has 0 amide bonds. The van der Waals surface area contributed by atoms with E-state index in [4.69, 9.17) is 9.31 Å². The first-order valence-electron chi connectivity index (χ1n) is 8.28. The van der Waals surface area contributed by atoms with E-state index in [-0.39, 0.29) is 18.3 Å². The molecule has 116 valence electrons. The normalized spacial score (nSPS) is 27.0. The van der Waals surface area contributed by atoms with Crippen LogP contribution < -0.4 is 0 Å². The van der Waals surface area contributed by atoms with Gasteiger partial charge in [-0.15, -0.1) is 0 Å². The molecule has 2 aliphatic rings. The summed E-state index contributed by atoms with van der Waals surface area (Å²) in [6.45, 7) is 8.61. The van der Waals surface area contributed by atoms with E-state index in [0.717, 1.165) is 0 Å². The summed E-state index contributed by atoms with van der Waals surface area (Å²) >= 11 is 1.78. The zero-order chi connectivity index (χ0) is 15.1. The van der Waals surface area contributed by atoms with Gasteiger partial charge in [0.05, 0.1) is 11.2 Å². The Hall–Kier alpha value is -0.315. The first-order valence-corrected chi connectivity index (χ1v) is 9.23. The molecular formula is C17H27BO2S. The maximum absolute atomic E-state index is 6.39. The summed E-state index contributed by atoms with van der Waals surface area (Å²) in [6, 6.07) is 2.26. The van der Waals surface area contributed by atoms with Gasteiger partial charge in [0.15, 0.2) is 0 Å². The van der Waals surface area contributed by atoms with Crippen molar-refractivity contribution < 1.29 is 9.31 Å². The summed E-state index contributed by atoms with van der Waals surface area (Å²) in [7, 11) is -0.104. The van der Waals surface area contributed by atoms with E-state index in [1.165, 1.54) is 37.7 Å². The second-order valence-electron chi connectivity index (χ2n) is 7.61. The molecule has 2 fully saturated rings. The van der Waals surface area contributed by atoms with Gasteiger partial charge in [0.1, 0.15) is 0 Å². The van der Waals surface area contributed by atoms with Crippen LogP contribution in [0.25, 0.3) is 0 Å². The molecule has 21 heavy (non-hydrogen) atoms. The van der Waals surface area contributed by atoms with E-state index >= 15 is 0 Å². The second-order valence-corrected chi connectivity index (χ2v) is 8.39. The van der Waals surface area contributed by atoms with Gasteiger partial charge in [-0.05, 0) is 56.0 Å². The van der Waals surface area contributed by atoms with Gasteiger partial charge in [0.25, 0.3) is 0 Å². The molecule has 0 bridgehead atoms. The van der Waals surface area contributed by atoms with Gasteiger partial charge in [-0.25, -0.2) is 0 Å². The van der Waals surface area contributed by atoms with Crippen molar-refractivity contribution >= 4 is 18.5 Å². The first kappa shape index (κ1) is 15.6. The highest BCUT2D eigenvalue weighted by Crippen LogP contribution is 2.46. The van der Waals surface area contributed by atoms with Crippen LogP contribution in [0.1, 0.15) is 71.2 Å². The van der Waals surface area contributed by atoms with E-state index in [9.17, 15) is 0 Å². The smallest absolute Gasteiger partial charge is 0.403 e. The van der Waals surface area contributed by atoms with E-state index in [2.05, 4.69) is 44.5 Å². The Balaban J connectivity index is 1.86. The lowest BCUT2D eigenvalue weighted by Crippen LogP contribution is -2.41.